The summed E-state index contributed by atoms with van der Waals surface area (Å²) in [6.45, 7) is 6.11. The molecule has 0 amide bonds. The van der Waals surface area contributed by atoms with Crippen LogP contribution in [0.25, 0.3) is 0 Å². The maximum atomic E-state index is 6.39. The van der Waals surface area contributed by atoms with Crippen LogP contribution in [-0.4, -0.2) is 55.1 Å². The third-order valence-corrected chi connectivity index (χ3v) is 4.18. The zero-order valence-electron chi connectivity index (χ0n) is 10.7. The molecule has 0 aromatic carbocycles. The normalized spacial score (nSPS) is 25.7. The maximum absolute atomic E-state index is 6.39. The van der Waals surface area contributed by atoms with E-state index in [0.29, 0.717) is 0 Å². The highest BCUT2D eigenvalue weighted by Crippen LogP contribution is 2.27. The molecule has 2 N–H and O–H groups in total. The summed E-state index contributed by atoms with van der Waals surface area (Å²) in [6.07, 6.45) is 7.89. The second kappa shape index (κ2) is 5.48. The minimum Gasteiger partial charge on any atom is -0.324 e. The largest absolute Gasteiger partial charge is 0.324 e. The Morgan fingerprint density at radius 3 is 2.38 bits per heavy atom. The lowest BCUT2D eigenvalue weighted by atomic mass is 9.99. The summed E-state index contributed by atoms with van der Waals surface area (Å²) in [5.41, 5.74) is 6.51. The van der Waals surface area contributed by atoms with Crippen LogP contribution in [0.5, 0.6) is 0 Å². The van der Waals surface area contributed by atoms with Gasteiger partial charge in [-0.3, -0.25) is 0 Å². The van der Waals surface area contributed by atoms with E-state index in [9.17, 15) is 0 Å². The minimum absolute atomic E-state index is 0.125. The van der Waals surface area contributed by atoms with Crippen LogP contribution in [0.1, 0.15) is 38.5 Å². The quantitative estimate of drug-likeness (QED) is 0.765. The van der Waals surface area contributed by atoms with Crippen LogP contribution in [0.2, 0.25) is 0 Å². The summed E-state index contributed by atoms with van der Waals surface area (Å²) in [5, 5.41) is 0. The molecular weight excluding hydrogens is 198 g/mol. The minimum atomic E-state index is 0.125. The number of likely N-dealkylation sites (N-methyl/N-ethyl adjacent to an activating group) is 1. The number of rotatable bonds is 5. The third kappa shape index (κ3) is 3.44. The lowest BCUT2D eigenvalue weighted by Crippen LogP contribution is -2.48. The van der Waals surface area contributed by atoms with E-state index >= 15 is 0 Å². The monoisotopic (exact) mass is 225 g/mol. The van der Waals surface area contributed by atoms with Crippen LogP contribution >= 0.6 is 0 Å². The summed E-state index contributed by atoms with van der Waals surface area (Å²) >= 11 is 0. The first-order valence-corrected chi connectivity index (χ1v) is 6.88. The molecule has 1 saturated heterocycles. The highest BCUT2D eigenvalue weighted by atomic mass is 15.2. The van der Waals surface area contributed by atoms with Crippen molar-refractivity contribution in [3.63, 3.8) is 0 Å². The molecule has 1 heterocycles. The molecule has 16 heavy (non-hydrogen) atoms. The van der Waals surface area contributed by atoms with E-state index in [1.807, 2.05) is 0 Å². The molecule has 3 heteroatoms. The maximum Gasteiger partial charge on any atom is 0.0283 e. The molecule has 1 saturated carbocycles. The van der Waals surface area contributed by atoms with Crippen LogP contribution in [0, 0.1) is 0 Å². The van der Waals surface area contributed by atoms with Crippen LogP contribution in [-0.2, 0) is 0 Å². The molecule has 0 spiro atoms. The predicted molar refractivity (Wildman–Crippen MR) is 68.6 cm³/mol. The second-order valence-corrected chi connectivity index (χ2v) is 5.86. The summed E-state index contributed by atoms with van der Waals surface area (Å²) in [5.74, 6) is 0. The first kappa shape index (κ1) is 12.3. The van der Waals surface area contributed by atoms with Crippen LogP contribution in [0.3, 0.4) is 0 Å². The van der Waals surface area contributed by atoms with E-state index in [4.69, 9.17) is 5.73 Å². The molecule has 94 valence electrons. The standard InChI is InChI=1S/C13H27N3/c1-15(10-11-16-8-4-5-9-16)12-13(14)6-2-3-7-13/h2-12,14H2,1H3. The van der Waals surface area contributed by atoms with Gasteiger partial charge in [-0.1, -0.05) is 12.8 Å². The second-order valence-electron chi connectivity index (χ2n) is 5.86. The fourth-order valence-corrected chi connectivity index (χ4v) is 3.17. The van der Waals surface area contributed by atoms with Crippen molar-refractivity contribution in [1.82, 2.24) is 9.80 Å². The van der Waals surface area contributed by atoms with Gasteiger partial charge in [0.25, 0.3) is 0 Å². The van der Waals surface area contributed by atoms with E-state index in [1.54, 1.807) is 0 Å². The molecule has 0 aromatic rings. The van der Waals surface area contributed by atoms with Crippen molar-refractivity contribution in [2.45, 2.75) is 44.1 Å². The zero-order chi connectivity index (χ0) is 11.4. The SMILES string of the molecule is CN(CCN1CCCC1)CC1(N)CCCC1. The van der Waals surface area contributed by atoms with Crippen molar-refractivity contribution in [2.75, 3.05) is 39.8 Å². The van der Waals surface area contributed by atoms with Gasteiger partial charge in [0.2, 0.25) is 0 Å². The topological polar surface area (TPSA) is 32.5 Å². The number of nitrogens with zero attached hydrogens (tertiary/aromatic N) is 2. The highest BCUT2D eigenvalue weighted by molar-refractivity contribution is 4.91. The van der Waals surface area contributed by atoms with Gasteiger partial charge < -0.3 is 15.5 Å². The molecule has 2 fully saturated rings. The molecule has 0 aromatic heterocycles. The van der Waals surface area contributed by atoms with Gasteiger partial charge in [-0.2, -0.15) is 0 Å². The highest BCUT2D eigenvalue weighted by Gasteiger charge is 2.30. The number of likely N-dealkylation sites (tertiary alicyclic amines) is 1. The molecule has 0 radical (unpaired) electrons. The summed E-state index contributed by atoms with van der Waals surface area (Å²) in [6, 6.07) is 0. The van der Waals surface area contributed by atoms with Crippen molar-refractivity contribution in [3.8, 4) is 0 Å². The molecule has 0 unspecified atom stereocenters. The Morgan fingerprint density at radius 2 is 1.75 bits per heavy atom. The van der Waals surface area contributed by atoms with Crippen molar-refractivity contribution >= 4 is 0 Å². The van der Waals surface area contributed by atoms with E-state index in [2.05, 4.69) is 16.8 Å². The van der Waals surface area contributed by atoms with E-state index in [1.165, 1.54) is 64.7 Å². The Bertz CT molecular complexity index is 205. The van der Waals surface area contributed by atoms with Gasteiger partial charge >= 0.3 is 0 Å². The van der Waals surface area contributed by atoms with Crippen LogP contribution < -0.4 is 5.73 Å². The molecular formula is C13H27N3. The van der Waals surface area contributed by atoms with Crippen molar-refractivity contribution in [2.24, 2.45) is 5.73 Å². The van der Waals surface area contributed by atoms with E-state index in [0.717, 1.165) is 6.54 Å². The fraction of sp³-hybridized carbons (Fsp3) is 1.00. The Hall–Kier alpha value is -0.120. The van der Waals surface area contributed by atoms with Crippen molar-refractivity contribution in [3.05, 3.63) is 0 Å². The Balaban J connectivity index is 1.65. The first-order chi connectivity index (χ1) is 7.68. The molecule has 3 nitrogen and oxygen atoms in total. The average molecular weight is 225 g/mol. The third-order valence-electron chi connectivity index (χ3n) is 4.18. The lowest BCUT2D eigenvalue weighted by molar-refractivity contribution is 0.214. The van der Waals surface area contributed by atoms with Gasteiger partial charge in [-0.15, -0.1) is 0 Å². The van der Waals surface area contributed by atoms with Gasteiger partial charge in [0, 0.05) is 25.2 Å². The Morgan fingerprint density at radius 1 is 1.12 bits per heavy atom. The number of hydrogen-bond donors (Lipinski definition) is 1. The zero-order valence-corrected chi connectivity index (χ0v) is 10.7. The van der Waals surface area contributed by atoms with Gasteiger partial charge in [-0.25, -0.2) is 0 Å². The average Bonchev–Trinajstić information content (AvgIpc) is 2.86. The van der Waals surface area contributed by atoms with Gasteiger partial charge in [0.15, 0.2) is 0 Å². The van der Waals surface area contributed by atoms with Gasteiger partial charge in [0.1, 0.15) is 0 Å². The van der Waals surface area contributed by atoms with Crippen molar-refractivity contribution in [1.29, 1.82) is 0 Å². The Labute approximate surface area is 100.0 Å². The molecule has 2 aliphatic rings. The molecule has 1 aliphatic heterocycles. The van der Waals surface area contributed by atoms with Crippen LogP contribution in [0.4, 0.5) is 0 Å². The number of nitrogens with two attached hydrogens (primary N) is 1. The lowest BCUT2D eigenvalue weighted by Gasteiger charge is -2.30. The smallest absolute Gasteiger partial charge is 0.0283 e. The van der Waals surface area contributed by atoms with Gasteiger partial charge in [-0.05, 0) is 45.8 Å². The fourth-order valence-electron chi connectivity index (χ4n) is 3.17. The van der Waals surface area contributed by atoms with Gasteiger partial charge in [0.05, 0.1) is 0 Å². The molecule has 1 aliphatic carbocycles. The predicted octanol–water partition coefficient (Wildman–Crippen LogP) is 1.29. The van der Waals surface area contributed by atoms with Crippen molar-refractivity contribution < 1.29 is 0 Å². The molecule has 0 atom stereocenters. The molecule has 2 rings (SSSR count). The summed E-state index contributed by atoms with van der Waals surface area (Å²) < 4.78 is 0. The summed E-state index contributed by atoms with van der Waals surface area (Å²) in [4.78, 5) is 5.01. The number of hydrogen-bond acceptors (Lipinski definition) is 3. The van der Waals surface area contributed by atoms with Crippen LogP contribution in [0.15, 0.2) is 0 Å². The Kier molecular flexibility index (Phi) is 4.22. The molecule has 0 bridgehead atoms. The van der Waals surface area contributed by atoms with E-state index < -0.39 is 0 Å². The van der Waals surface area contributed by atoms with E-state index in [-0.39, 0.29) is 5.54 Å². The summed E-state index contributed by atoms with van der Waals surface area (Å²) in [7, 11) is 2.23. The first-order valence-electron chi connectivity index (χ1n) is 6.88.